The molecule has 0 bridgehead atoms. The molecule has 0 amide bonds. The molecule has 0 aliphatic carbocycles. The summed E-state index contributed by atoms with van der Waals surface area (Å²) in [6.07, 6.45) is 0. The fraction of sp³-hybridized carbons (Fsp3) is 0.200. The molecular formula is C15H14BrNO4. The minimum atomic E-state index is -0.431. The van der Waals surface area contributed by atoms with Crippen molar-refractivity contribution in [1.29, 1.82) is 0 Å². The van der Waals surface area contributed by atoms with Crippen LogP contribution in [0.5, 0.6) is 11.5 Å². The van der Waals surface area contributed by atoms with Crippen LogP contribution in [0.2, 0.25) is 0 Å². The van der Waals surface area contributed by atoms with Crippen LogP contribution in [0, 0.1) is 17.0 Å². The Labute approximate surface area is 130 Å². The molecule has 2 rings (SSSR count). The number of benzene rings is 2. The van der Waals surface area contributed by atoms with E-state index in [2.05, 4.69) is 15.9 Å². The number of para-hydroxylation sites is 1. The van der Waals surface area contributed by atoms with Crippen LogP contribution in [0.4, 0.5) is 5.69 Å². The Morgan fingerprint density at radius 2 is 1.86 bits per heavy atom. The first-order chi connectivity index (χ1) is 10.1. The van der Waals surface area contributed by atoms with Gasteiger partial charge in [0.25, 0.3) is 0 Å². The molecule has 0 aliphatic rings. The van der Waals surface area contributed by atoms with Crippen LogP contribution >= 0.6 is 15.9 Å². The molecule has 0 saturated carbocycles. The number of nitrogens with zero attached hydrogens (tertiary/aromatic N) is 1. The average molecular weight is 352 g/mol. The second-order valence-corrected chi connectivity index (χ2v) is 5.25. The highest BCUT2D eigenvalue weighted by molar-refractivity contribution is 9.10. The van der Waals surface area contributed by atoms with Gasteiger partial charge < -0.3 is 9.47 Å². The quantitative estimate of drug-likeness (QED) is 0.446. The van der Waals surface area contributed by atoms with Crippen LogP contribution in [-0.4, -0.2) is 18.1 Å². The van der Waals surface area contributed by atoms with E-state index in [0.29, 0.717) is 17.9 Å². The van der Waals surface area contributed by atoms with E-state index < -0.39 is 4.92 Å². The van der Waals surface area contributed by atoms with Gasteiger partial charge in [-0.05, 0) is 31.2 Å². The monoisotopic (exact) mass is 351 g/mol. The van der Waals surface area contributed by atoms with E-state index in [1.165, 1.54) is 0 Å². The highest BCUT2D eigenvalue weighted by Crippen LogP contribution is 2.30. The second-order valence-electron chi connectivity index (χ2n) is 4.33. The highest BCUT2D eigenvalue weighted by atomic mass is 79.9. The van der Waals surface area contributed by atoms with Crippen molar-refractivity contribution < 1.29 is 14.4 Å². The SMILES string of the molecule is Cc1cccc(OCCOc2cccc(Br)c2)c1[N+](=O)[O-]. The number of hydrogen-bond donors (Lipinski definition) is 0. The lowest BCUT2D eigenvalue weighted by molar-refractivity contribution is -0.386. The van der Waals surface area contributed by atoms with Crippen molar-refractivity contribution in [3.63, 3.8) is 0 Å². The van der Waals surface area contributed by atoms with Crippen molar-refractivity contribution in [2.24, 2.45) is 0 Å². The summed E-state index contributed by atoms with van der Waals surface area (Å²) in [5.74, 6) is 0.976. The van der Waals surface area contributed by atoms with Gasteiger partial charge in [0.1, 0.15) is 19.0 Å². The minimum absolute atomic E-state index is 0.0000412. The first kappa shape index (κ1) is 15.3. The van der Waals surface area contributed by atoms with Crippen LogP contribution in [0.3, 0.4) is 0 Å². The van der Waals surface area contributed by atoms with Crippen LogP contribution < -0.4 is 9.47 Å². The number of ether oxygens (including phenoxy) is 2. The molecule has 6 heteroatoms. The molecule has 0 unspecified atom stereocenters. The molecule has 0 fully saturated rings. The fourth-order valence-electron chi connectivity index (χ4n) is 1.85. The average Bonchev–Trinajstić information content (AvgIpc) is 2.43. The van der Waals surface area contributed by atoms with Crippen molar-refractivity contribution in [3.05, 3.63) is 62.6 Å². The maximum atomic E-state index is 11.0. The highest BCUT2D eigenvalue weighted by Gasteiger charge is 2.17. The summed E-state index contributed by atoms with van der Waals surface area (Å²) in [4.78, 5) is 10.6. The molecule has 0 N–H and O–H groups in total. The summed E-state index contributed by atoms with van der Waals surface area (Å²) in [6.45, 7) is 2.22. The van der Waals surface area contributed by atoms with Crippen molar-refractivity contribution in [2.45, 2.75) is 6.92 Å². The third kappa shape index (κ3) is 4.19. The van der Waals surface area contributed by atoms with Gasteiger partial charge in [-0.3, -0.25) is 10.1 Å². The lowest BCUT2D eigenvalue weighted by atomic mass is 10.2. The third-order valence-electron chi connectivity index (χ3n) is 2.79. The molecule has 21 heavy (non-hydrogen) atoms. The number of halogens is 1. The molecule has 0 atom stereocenters. The van der Waals surface area contributed by atoms with Gasteiger partial charge in [-0.1, -0.05) is 34.1 Å². The number of hydrogen-bond acceptors (Lipinski definition) is 4. The molecule has 2 aromatic carbocycles. The number of nitro groups is 1. The van der Waals surface area contributed by atoms with Gasteiger partial charge in [0.05, 0.1) is 4.92 Å². The minimum Gasteiger partial charge on any atom is -0.490 e. The molecular weight excluding hydrogens is 338 g/mol. The molecule has 0 spiro atoms. The van der Waals surface area contributed by atoms with Crippen molar-refractivity contribution in [3.8, 4) is 11.5 Å². The van der Waals surface area contributed by atoms with E-state index in [1.807, 2.05) is 24.3 Å². The fourth-order valence-corrected chi connectivity index (χ4v) is 2.23. The number of rotatable bonds is 6. The van der Waals surface area contributed by atoms with E-state index in [9.17, 15) is 10.1 Å². The first-order valence-corrected chi connectivity index (χ1v) is 7.12. The summed E-state index contributed by atoms with van der Waals surface area (Å²) in [5, 5.41) is 11.0. The summed E-state index contributed by atoms with van der Waals surface area (Å²) in [6, 6.07) is 12.4. The van der Waals surface area contributed by atoms with Crippen molar-refractivity contribution in [2.75, 3.05) is 13.2 Å². The molecule has 5 nitrogen and oxygen atoms in total. The van der Waals surface area contributed by atoms with E-state index in [1.54, 1.807) is 25.1 Å². The molecule has 0 aliphatic heterocycles. The molecule has 0 aromatic heterocycles. The Morgan fingerprint density at radius 3 is 2.57 bits per heavy atom. The van der Waals surface area contributed by atoms with E-state index in [-0.39, 0.29) is 18.0 Å². The smallest absolute Gasteiger partial charge is 0.313 e. The van der Waals surface area contributed by atoms with Gasteiger partial charge in [0.2, 0.25) is 0 Å². The van der Waals surface area contributed by atoms with Gasteiger partial charge in [-0.25, -0.2) is 0 Å². The summed E-state index contributed by atoms with van der Waals surface area (Å²) in [5.41, 5.74) is 0.574. The Hall–Kier alpha value is -2.08. The Morgan fingerprint density at radius 1 is 1.14 bits per heavy atom. The predicted molar refractivity (Wildman–Crippen MR) is 83.0 cm³/mol. The van der Waals surface area contributed by atoms with Gasteiger partial charge >= 0.3 is 5.69 Å². The van der Waals surface area contributed by atoms with Gasteiger partial charge in [0, 0.05) is 10.0 Å². The van der Waals surface area contributed by atoms with E-state index >= 15 is 0 Å². The lowest BCUT2D eigenvalue weighted by Crippen LogP contribution is -2.10. The zero-order chi connectivity index (χ0) is 15.2. The Bertz CT molecular complexity index is 645. The van der Waals surface area contributed by atoms with Crippen molar-refractivity contribution in [1.82, 2.24) is 0 Å². The van der Waals surface area contributed by atoms with E-state index in [0.717, 1.165) is 4.47 Å². The normalized spacial score (nSPS) is 10.2. The van der Waals surface area contributed by atoms with E-state index in [4.69, 9.17) is 9.47 Å². The van der Waals surface area contributed by atoms with Crippen LogP contribution in [-0.2, 0) is 0 Å². The van der Waals surface area contributed by atoms with Crippen LogP contribution in [0.25, 0.3) is 0 Å². The van der Waals surface area contributed by atoms with Crippen molar-refractivity contribution >= 4 is 21.6 Å². The zero-order valence-electron chi connectivity index (χ0n) is 11.4. The summed E-state index contributed by atoms with van der Waals surface area (Å²) >= 11 is 3.36. The molecule has 0 saturated heterocycles. The number of aryl methyl sites for hydroxylation is 1. The molecule has 0 heterocycles. The predicted octanol–water partition coefficient (Wildman–Crippen LogP) is 4.12. The van der Waals surface area contributed by atoms with Crippen LogP contribution in [0.1, 0.15) is 5.56 Å². The molecule has 110 valence electrons. The maximum absolute atomic E-state index is 11.0. The largest absolute Gasteiger partial charge is 0.490 e. The Kier molecular flexibility index (Phi) is 5.16. The number of nitro benzene ring substituents is 1. The summed E-state index contributed by atoms with van der Waals surface area (Å²) < 4.78 is 11.9. The lowest BCUT2D eigenvalue weighted by Gasteiger charge is -2.09. The van der Waals surface area contributed by atoms with Gasteiger partial charge in [0.15, 0.2) is 5.75 Å². The Balaban J connectivity index is 1.92. The standard InChI is InChI=1S/C15H14BrNO4/c1-11-4-2-7-14(15(11)17(18)19)21-9-8-20-13-6-3-5-12(16)10-13/h2-7,10H,8-9H2,1H3. The van der Waals surface area contributed by atoms with Gasteiger partial charge in [-0.2, -0.15) is 0 Å². The second kappa shape index (κ2) is 7.08. The summed E-state index contributed by atoms with van der Waals surface area (Å²) in [7, 11) is 0. The van der Waals surface area contributed by atoms with Crippen LogP contribution in [0.15, 0.2) is 46.9 Å². The van der Waals surface area contributed by atoms with Gasteiger partial charge in [-0.15, -0.1) is 0 Å². The molecule has 0 radical (unpaired) electrons. The third-order valence-corrected chi connectivity index (χ3v) is 3.28. The first-order valence-electron chi connectivity index (χ1n) is 6.33. The topological polar surface area (TPSA) is 61.6 Å². The molecule has 2 aromatic rings. The zero-order valence-corrected chi connectivity index (χ0v) is 13.0. The maximum Gasteiger partial charge on any atom is 0.313 e.